The molecule has 2 aromatic heterocycles. The smallest absolute Gasteiger partial charge is 0.164 e. The van der Waals surface area contributed by atoms with Crippen LogP contribution in [0.3, 0.4) is 0 Å². The molecular formula is C24H18BrN3O. The van der Waals surface area contributed by atoms with Crippen LogP contribution in [-0.2, 0) is 0 Å². The van der Waals surface area contributed by atoms with Gasteiger partial charge in [0.15, 0.2) is 17.5 Å². The third kappa shape index (κ3) is 3.82. The summed E-state index contributed by atoms with van der Waals surface area (Å²) in [5, 5.41) is 2.15. The zero-order valence-corrected chi connectivity index (χ0v) is 17.5. The molecule has 0 saturated heterocycles. The van der Waals surface area contributed by atoms with Gasteiger partial charge in [-0.3, -0.25) is 0 Å². The maximum Gasteiger partial charge on any atom is 0.164 e. The van der Waals surface area contributed by atoms with E-state index in [0.717, 1.165) is 37.6 Å². The summed E-state index contributed by atoms with van der Waals surface area (Å²) in [4.78, 5) is 13.7. The van der Waals surface area contributed by atoms with Crippen molar-refractivity contribution in [1.82, 2.24) is 15.0 Å². The van der Waals surface area contributed by atoms with Gasteiger partial charge in [0.05, 0.1) is 0 Å². The third-order valence-corrected chi connectivity index (χ3v) is 4.62. The lowest BCUT2D eigenvalue weighted by atomic mass is 10.1. The highest BCUT2D eigenvalue weighted by molar-refractivity contribution is 9.11. The van der Waals surface area contributed by atoms with Gasteiger partial charge < -0.3 is 4.42 Å². The predicted molar refractivity (Wildman–Crippen MR) is 123 cm³/mol. The van der Waals surface area contributed by atoms with Crippen LogP contribution >= 0.6 is 15.9 Å². The molecule has 2 aromatic carbocycles. The van der Waals surface area contributed by atoms with Crippen molar-refractivity contribution in [3.8, 4) is 11.4 Å². The number of furan rings is 1. The maximum absolute atomic E-state index is 6.01. The molecule has 0 aliphatic rings. The summed E-state index contributed by atoms with van der Waals surface area (Å²) in [6.07, 6.45) is 7.35. The lowest BCUT2D eigenvalue weighted by Crippen LogP contribution is -2.02. The van der Waals surface area contributed by atoms with Crippen LogP contribution in [0.15, 0.2) is 82.8 Å². The first-order valence-corrected chi connectivity index (χ1v) is 9.87. The molecule has 0 atom stereocenters. The van der Waals surface area contributed by atoms with Crippen molar-refractivity contribution in [3.63, 3.8) is 0 Å². The first kappa shape index (κ1) is 19.0. The molecule has 5 heteroatoms. The number of benzene rings is 2. The Labute approximate surface area is 177 Å². The topological polar surface area (TPSA) is 51.8 Å². The number of fused-ring (bicyclic) bond motifs is 3. The van der Waals surface area contributed by atoms with E-state index in [4.69, 9.17) is 9.40 Å². The van der Waals surface area contributed by atoms with Gasteiger partial charge in [0.1, 0.15) is 11.2 Å². The fourth-order valence-corrected chi connectivity index (χ4v) is 3.39. The fraction of sp³-hybridized carbons (Fsp3) is 0.0417. The number of halogens is 1. The van der Waals surface area contributed by atoms with Crippen LogP contribution in [0.4, 0.5) is 0 Å². The Balaban J connectivity index is 1.89. The highest BCUT2D eigenvalue weighted by Crippen LogP contribution is 2.31. The molecule has 0 aliphatic carbocycles. The molecule has 0 amide bonds. The molecule has 29 heavy (non-hydrogen) atoms. The van der Waals surface area contributed by atoms with E-state index in [0.29, 0.717) is 17.5 Å². The zero-order chi connectivity index (χ0) is 20.4. The summed E-state index contributed by atoms with van der Waals surface area (Å²) >= 11 is 3.38. The largest absolute Gasteiger partial charge is 0.456 e. The van der Waals surface area contributed by atoms with E-state index in [-0.39, 0.29) is 0 Å². The number of allylic oxidation sites excluding steroid dienone is 5. The number of hydrogen-bond donors (Lipinski definition) is 0. The molecule has 2 heterocycles. The van der Waals surface area contributed by atoms with Gasteiger partial charge in [0.25, 0.3) is 0 Å². The summed E-state index contributed by atoms with van der Waals surface area (Å²) in [5.74, 6) is 1.61. The molecule has 0 radical (unpaired) electrons. The lowest BCUT2D eigenvalue weighted by Gasteiger charge is -2.07. The fourth-order valence-electron chi connectivity index (χ4n) is 3.14. The van der Waals surface area contributed by atoms with Crippen molar-refractivity contribution in [3.05, 3.63) is 90.0 Å². The number of aromatic nitrogens is 3. The van der Waals surface area contributed by atoms with E-state index < -0.39 is 0 Å². The van der Waals surface area contributed by atoms with Crippen molar-refractivity contribution in [2.75, 3.05) is 0 Å². The lowest BCUT2D eigenvalue weighted by molar-refractivity contribution is 0.669. The Bertz CT molecular complexity index is 1310. The predicted octanol–water partition coefficient (Wildman–Crippen LogP) is 6.95. The average molecular weight is 444 g/mol. The van der Waals surface area contributed by atoms with Crippen molar-refractivity contribution in [2.24, 2.45) is 0 Å². The van der Waals surface area contributed by atoms with Crippen molar-refractivity contribution < 1.29 is 4.42 Å². The van der Waals surface area contributed by atoms with E-state index in [1.165, 1.54) is 0 Å². The van der Waals surface area contributed by atoms with Crippen LogP contribution in [0.25, 0.3) is 45.0 Å². The second-order valence-corrected chi connectivity index (χ2v) is 7.42. The molecule has 0 bridgehead atoms. The number of hydrogen-bond acceptors (Lipinski definition) is 4. The Morgan fingerprint density at radius 1 is 1.03 bits per heavy atom. The minimum absolute atomic E-state index is 0.505. The first-order valence-electron chi connectivity index (χ1n) is 9.08. The van der Waals surface area contributed by atoms with Gasteiger partial charge in [-0.25, -0.2) is 15.0 Å². The second kappa shape index (κ2) is 7.97. The van der Waals surface area contributed by atoms with E-state index in [1.807, 2.05) is 61.5 Å². The van der Waals surface area contributed by atoms with Crippen molar-refractivity contribution in [2.45, 2.75) is 6.92 Å². The average Bonchev–Trinajstić information content (AvgIpc) is 3.10. The van der Waals surface area contributed by atoms with Crippen LogP contribution in [0, 0.1) is 0 Å². The molecule has 4 rings (SSSR count). The molecule has 0 saturated carbocycles. The van der Waals surface area contributed by atoms with E-state index in [1.54, 1.807) is 6.08 Å². The van der Waals surface area contributed by atoms with E-state index in [9.17, 15) is 0 Å². The summed E-state index contributed by atoms with van der Waals surface area (Å²) in [5.41, 5.74) is 3.33. The van der Waals surface area contributed by atoms with Crippen molar-refractivity contribution in [1.29, 1.82) is 0 Å². The quantitative estimate of drug-likeness (QED) is 0.313. The normalized spacial score (nSPS) is 12.1. The number of nitrogens with zero attached hydrogens (tertiary/aromatic N) is 3. The third-order valence-electron chi connectivity index (χ3n) is 4.39. The highest BCUT2D eigenvalue weighted by atomic mass is 79.9. The van der Waals surface area contributed by atoms with Gasteiger partial charge in [-0.15, -0.1) is 0 Å². The van der Waals surface area contributed by atoms with Crippen LogP contribution in [0.1, 0.15) is 18.6 Å². The standard InChI is InChI=1S/C24H18BrN3O/c1-4-8-16(13-15(3)25)23-26-22(5-2)27-24(28-23)17-11-12-19-18-9-6-7-10-20(18)29-21(19)14-17/h4-14H,2-3H2,1H3/b8-4-,16-13+. The summed E-state index contributed by atoms with van der Waals surface area (Å²) in [7, 11) is 0. The van der Waals surface area contributed by atoms with Crippen molar-refractivity contribution >= 4 is 49.5 Å². The molecule has 0 fully saturated rings. The Kier molecular flexibility index (Phi) is 5.23. The van der Waals surface area contributed by atoms with Gasteiger partial charge in [-0.2, -0.15) is 0 Å². The summed E-state index contributed by atoms with van der Waals surface area (Å²) in [6.45, 7) is 9.64. The molecule has 142 valence electrons. The Morgan fingerprint density at radius 2 is 1.83 bits per heavy atom. The Hall–Kier alpha value is -3.31. The second-order valence-electron chi connectivity index (χ2n) is 6.40. The van der Waals surface area contributed by atoms with Gasteiger partial charge >= 0.3 is 0 Å². The first-order chi connectivity index (χ1) is 14.1. The van der Waals surface area contributed by atoms with E-state index >= 15 is 0 Å². The van der Waals surface area contributed by atoms with Gasteiger partial charge in [-0.1, -0.05) is 65.5 Å². The molecule has 0 spiro atoms. The molecule has 0 unspecified atom stereocenters. The Morgan fingerprint density at radius 3 is 2.59 bits per heavy atom. The van der Waals surface area contributed by atoms with Crippen LogP contribution in [0.2, 0.25) is 0 Å². The number of rotatable bonds is 5. The van der Waals surface area contributed by atoms with Crippen LogP contribution in [-0.4, -0.2) is 15.0 Å². The zero-order valence-electron chi connectivity index (χ0n) is 15.9. The molecule has 4 aromatic rings. The molecule has 0 N–H and O–H groups in total. The van der Waals surface area contributed by atoms with Crippen LogP contribution < -0.4 is 0 Å². The molecule has 4 nitrogen and oxygen atoms in total. The SMILES string of the molecule is C=Cc1nc(C(/C=C\C)=C/C(=C)Br)nc(-c2ccc3c(c2)oc2ccccc23)n1. The molecule has 0 aliphatic heterocycles. The minimum atomic E-state index is 0.505. The summed E-state index contributed by atoms with van der Waals surface area (Å²) < 4.78 is 6.74. The molecular weight excluding hydrogens is 426 g/mol. The number of para-hydroxylation sites is 1. The minimum Gasteiger partial charge on any atom is -0.456 e. The van der Waals surface area contributed by atoms with Gasteiger partial charge in [0, 0.05) is 26.4 Å². The van der Waals surface area contributed by atoms with Gasteiger partial charge in [0.2, 0.25) is 0 Å². The highest BCUT2D eigenvalue weighted by Gasteiger charge is 2.13. The summed E-state index contributed by atoms with van der Waals surface area (Å²) in [6, 6.07) is 14.0. The maximum atomic E-state index is 6.01. The van der Waals surface area contributed by atoms with Gasteiger partial charge in [-0.05, 0) is 37.3 Å². The van der Waals surface area contributed by atoms with Crippen LogP contribution in [0.5, 0.6) is 0 Å². The van der Waals surface area contributed by atoms with E-state index in [2.05, 4.69) is 45.1 Å². The monoisotopic (exact) mass is 443 g/mol.